The SMILES string of the molecule is C[C@]12CC[C@@H]3c4ccc(O)cc4C[C@@H](CCCCCCCCCS(=O)CCCC(F)(F)C(F)(F)F)[C@H]3[C@@H]1CC[C@@H]2O.C[C@]12CC[C@@H]3c4ccc(O)cc4C[C@@H](CCCCCCCCCS(=O)CCCC(F)(F)C(F)(F)F)[C@H]3[C@@H]1CC[C@@H]2O.Cl.Nc1ccn([C@@H]2O[C@H](CO)[C@@H](O)C2(F)F)c(=O)n1.Nc1ccn([C@@H]2O[C@H](CO)[C@@H](O)C2(F)F)c(=O)n1.O=c1[nH]cc(F)c(=O)[nH]1. The summed E-state index contributed by atoms with van der Waals surface area (Å²) in [6.45, 7) is 3.03. The lowest BCUT2D eigenvalue weighted by atomic mass is 9.52. The fraction of sp³-hybridized carbons (Fsp3) is 0.721. The van der Waals surface area contributed by atoms with Crippen molar-refractivity contribution >= 4 is 45.6 Å². The first-order valence-corrected chi connectivity index (χ1v) is 46.5. The molecule has 0 bridgehead atoms. The van der Waals surface area contributed by atoms with E-state index in [1.807, 2.05) is 29.2 Å². The predicted molar refractivity (Wildman–Crippen MR) is 450 cm³/mol. The Labute approximate surface area is 741 Å². The van der Waals surface area contributed by atoms with Crippen molar-refractivity contribution in [3.8, 4) is 11.5 Å². The number of nitrogens with one attached hydrogen (secondary N) is 2. The minimum Gasteiger partial charge on any atom is -0.508 e. The summed E-state index contributed by atoms with van der Waals surface area (Å²) in [5.74, 6) is -12.5. The number of phenols is 2. The van der Waals surface area contributed by atoms with E-state index in [0.29, 0.717) is 98.5 Å². The van der Waals surface area contributed by atoms with Crippen molar-refractivity contribution in [2.75, 3.05) is 47.7 Å². The standard InChI is InChI=1S/2C32H47F5O3S.2C9H11F2N3O4.C4H3FN2O2.ClH/c2*1-30-17-15-26-25-12-11-24(38)21-23(25)20-22(29(26)27(30)13-14-28(30)39)10-7-5-3-2-4-6-8-18-41(40)19-9-16-31(33,34)32(35,36)37;2*10-9(11)6(16)4(3-15)18-7(9)14-2-1-5(12)13-8(14)17;5-2-1-6-4(9)7-3(2)8;/h2*11-12,21-22,26-29,38-39H,2-10,13-20H2,1H3;2*1-2,4,6-7,15-16H,3H2,(H2,12,13,17);1H,(H2,6,7,8,9);1H/t2*22-,26-,27+,28+,29-,30+,41?;2*4-,6-,7-;;/m1111../s1. The smallest absolute Gasteiger partial charge is 0.453 e. The molecule has 2 aromatic carbocycles. The number of unbranched alkanes of at least 4 members (excludes halogenated alkanes) is 12. The molecule has 0 amide bonds. The van der Waals surface area contributed by atoms with E-state index < -0.39 is 162 Å². The van der Waals surface area contributed by atoms with Crippen molar-refractivity contribution < 1.29 is 125 Å². The van der Waals surface area contributed by atoms with Gasteiger partial charge in [0.15, 0.2) is 12.2 Å². The molecule has 6 fully saturated rings. The van der Waals surface area contributed by atoms with Crippen LogP contribution in [-0.2, 0) is 43.9 Å². The molecule has 13 rings (SSSR count). The van der Waals surface area contributed by atoms with Crippen molar-refractivity contribution in [1.29, 1.82) is 0 Å². The Morgan fingerprint density at radius 1 is 0.516 bits per heavy atom. The summed E-state index contributed by atoms with van der Waals surface area (Å²) >= 11 is 0. The lowest BCUT2D eigenvalue weighted by Gasteiger charge is -2.53. The predicted octanol–water partition coefficient (Wildman–Crippen LogP) is 14.4. The van der Waals surface area contributed by atoms with Crippen molar-refractivity contribution in [1.82, 2.24) is 29.1 Å². The minimum atomic E-state index is -5.54. The summed E-state index contributed by atoms with van der Waals surface area (Å²) in [6, 6.07) is 14.1. The van der Waals surface area contributed by atoms with Crippen molar-refractivity contribution in [2.24, 2.45) is 46.3 Å². The van der Waals surface area contributed by atoms with Gasteiger partial charge in [0.2, 0.25) is 18.3 Å². The number of hydrogen-bond donors (Lipinski definition) is 12. The third kappa shape index (κ3) is 26.2. The van der Waals surface area contributed by atoms with Gasteiger partial charge in [0.05, 0.1) is 25.4 Å². The van der Waals surface area contributed by atoms with E-state index in [0.717, 1.165) is 179 Å². The van der Waals surface area contributed by atoms with Crippen LogP contribution in [0, 0.1) is 52.2 Å². The van der Waals surface area contributed by atoms with Gasteiger partial charge in [-0.1, -0.05) is 103 Å². The summed E-state index contributed by atoms with van der Waals surface area (Å²) in [5, 5.41) is 78.2. The number of nitrogens with two attached hydrogens (primary N) is 2. The molecule has 14 N–H and O–H groups in total. The summed E-state index contributed by atoms with van der Waals surface area (Å²) in [4.78, 5) is 53.4. The zero-order valence-electron chi connectivity index (χ0n) is 71.2. The molecule has 8 aliphatic rings. The Morgan fingerprint density at radius 2 is 0.867 bits per heavy atom. The van der Waals surface area contributed by atoms with Gasteiger partial charge >= 0.3 is 53.1 Å². The monoisotopic (exact) mass is 1900 g/mol. The Hall–Kier alpha value is -6.70. The first kappa shape index (κ1) is 107. The lowest BCUT2D eigenvalue weighted by molar-refractivity contribution is -0.284. The fourth-order valence-corrected chi connectivity index (χ4v) is 22.8. The summed E-state index contributed by atoms with van der Waals surface area (Å²) in [7, 11) is -2.71. The molecule has 128 heavy (non-hydrogen) atoms. The third-order valence-electron chi connectivity index (χ3n) is 27.2. The molecular formula is C86H120ClF15N8O16S2. The molecule has 2 unspecified atom stereocenters. The van der Waals surface area contributed by atoms with E-state index in [1.165, 1.54) is 22.3 Å². The molecule has 724 valence electrons. The van der Waals surface area contributed by atoms with E-state index in [1.54, 1.807) is 4.98 Å². The van der Waals surface area contributed by atoms with Gasteiger partial charge in [-0.25, -0.2) is 14.4 Å². The van der Waals surface area contributed by atoms with E-state index in [-0.39, 0.29) is 58.6 Å². The average Bonchev–Trinajstić information content (AvgIpc) is 1.60. The highest BCUT2D eigenvalue weighted by Gasteiger charge is 2.63. The number of aromatic nitrogens is 6. The second kappa shape index (κ2) is 45.8. The molecule has 0 radical (unpaired) electrons. The van der Waals surface area contributed by atoms with E-state index in [9.17, 15) is 124 Å². The van der Waals surface area contributed by atoms with Crippen LogP contribution in [-0.4, -0.2) is 187 Å². The number of aromatic hydroxyl groups is 2. The molecular weight excluding hydrogens is 1790 g/mol. The van der Waals surface area contributed by atoms with E-state index in [2.05, 4.69) is 35.9 Å². The van der Waals surface area contributed by atoms with E-state index in [4.69, 9.17) is 31.2 Å². The van der Waals surface area contributed by atoms with Crippen LogP contribution < -0.4 is 34.1 Å². The van der Waals surface area contributed by atoms with Gasteiger partial charge in [-0.2, -0.15) is 75.8 Å². The van der Waals surface area contributed by atoms with Crippen LogP contribution in [0.2, 0.25) is 0 Å². The first-order valence-electron chi connectivity index (χ1n) is 43.5. The van der Waals surface area contributed by atoms with Crippen LogP contribution in [0.1, 0.15) is 240 Å². The molecule has 3 aromatic heterocycles. The Bertz CT molecular complexity index is 4440. The van der Waals surface area contributed by atoms with Gasteiger partial charge in [0.1, 0.15) is 35.3 Å². The fourth-order valence-electron chi connectivity index (χ4n) is 20.4. The molecule has 6 aliphatic carbocycles. The number of ether oxygens (including phenoxy) is 2. The molecule has 2 saturated heterocycles. The summed E-state index contributed by atoms with van der Waals surface area (Å²) in [5.41, 5.74) is 12.2. The number of nitrogens with zero attached hydrogens (tertiary/aromatic N) is 4. The number of H-pyrrole nitrogens is 2. The first-order chi connectivity index (χ1) is 59.6. The van der Waals surface area contributed by atoms with Gasteiger partial charge in [-0.3, -0.25) is 27.3 Å². The summed E-state index contributed by atoms with van der Waals surface area (Å²) < 4.78 is 226. The zero-order chi connectivity index (χ0) is 93.5. The van der Waals surface area contributed by atoms with Crippen molar-refractivity contribution in [2.45, 2.75) is 303 Å². The number of nitrogen functional groups attached to an aromatic ring is 2. The maximum atomic E-state index is 13.7. The van der Waals surface area contributed by atoms with E-state index >= 15 is 0 Å². The number of fused-ring (bicyclic) bond motifs is 10. The average molecular weight is 1910 g/mol. The van der Waals surface area contributed by atoms with Gasteiger partial charge in [0.25, 0.3) is 5.56 Å². The number of phenolic OH excluding ortho intramolecular Hbond substituents is 2. The highest BCUT2D eigenvalue weighted by atomic mass is 35.5. The Morgan fingerprint density at radius 3 is 1.20 bits per heavy atom. The van der Waals surface area contributed by atoms with Gasteiger partial charge in [-0.05, 0) is 220 Å². The van der Waals surface area contributed by atoms with Crippen LogP contribution in [0.4, 0.5) is 77.5 Å². The maximum absolute atomic E-state index is 13.7. The highest BCUT2D eigenvalue weighted by molar-refractivity contribution is 7.85. The number of anilines is 2. The molecule has 5 heterocycles. The van der Waals surface area contributed by atoms with Gasteiger partial charge in [0, 0.05) is 76.0 Å². The molecule has 20 atom stereocenters. The van der Waals surface area contributed by atoms with Crippen molar-refractivity contribution in [3.05, 3.63) is 137 Å². The number of alkyl halides is 14. The second-order valence-corrected chi connectivity index (χ2v) is 38.9. The lowest BCUT2D eigenvalue weighted by Crippen LogP contribution is -2.47. The summed E-state index contributed by atoms with van der Waals surface area (Å²) in [6.07, 6.45) is 3.28. The molecule has 4 saturated carbocycles. The van der Waals surface area contributed by atoms with Crippen LogP contribution in [0.15, 0.2) is 86.3 Å². The van der Waals surface area contributed by atoms with Crippen LogP contribution in [0.5, 0.6) is 11.5 Å². The number of rotatable bonds is 32. The van der Waals surface area contributed by atoms with Gasteiger partial charge in [-0.15, -0.1) is 12.4 Å². The largest absolute Gasteiger partial charge is 0.508 e. The molecule has 24 nitrogen and oxygen atoms in total. The normalized spacial score (nSPS) is 28.8. The number of aliphatic hydroxyl groups is 6. The number of benzene rings is 2. The zero-order valence-corrected chi connectivity index (χ0v) is 73.7. The number of aromatic amines is 2. The quantitative estimate of drug-likeness (QED) is 0.0140. The minimum absolute atomic E-state index is 0. The Kier molecular flexibility index (Phi) is 38.2. The highest BCUT2D eigenvalue weighted by Crippen LogP contribution is 2.65. The third-order valence-corrected chi connectivity index (χ3v) is 30.2. The second-order valence-electron chi connectivity index (χ2n) is 35.5. The van der Waals surface area contributed by atoms with Crippen molar-refractivity contribution in [3.63, 3.8) is 0 Å². The topological polar surface area (TPSA) is 402 Å². The number of aliphatic hydroxyl groups excluding tert-OH is 6. The van der Waals surface area contributed by atoms with Gasteiger partial charge < -0.3 is 66.8 Å². The van der Waals surface area contributed by atoms with Crippen LogP contribution >= 0.6 is 12.4 Å². The molecule has 2 aliphatic heterocycles. The Balaban J connectivity index is 0.000000215. The number of hydrogen-bond acceptors (Lipinski definition) is 20. The van der Waals surface area contributed by atoms with Crippen LogP contribution in [0.25, 0.3) is 0 Å². The van der Waals surface area contributed by atoms with Crippen LogP contribution in [0.3, 0.4) is 0 Å². The number of halogens is 16. The maximum Gasteiger partial charge on any atom is 0.453 e. The molecule has 0 spiro atoms. The molecule has 5 aromatic rings. The molecule has 42 heteroatoms.